The second kappa shape index (κ2) is 5.21. The highest BCUT2D eigenvalue weighted by atomic mass is 35.5. The van der Waals surface area contributed by atoms with Gasteiger partial charge < -0.3 is 16.3 Å². The topological polar surface area (TPSA) is 70.6 Å². The lowest BCUT2D eigenvalue weighted by molar-refractivity contribution is 0.310. The first-order valence-corrected chi connectivity index (χ1v) is 3.52. The molecule has 4 nitrogen and oxygen atoms in total. The summed E-state index contributed by atoms with van der Waals surface area (Å²) in [4.78, 5) is 0. The monoisotopic (exact) mass is 179 g/mol. The second-order valence-corrected chi connectivity index (χ2v) is 2.57. The summed E-state index contributed by atoms with van der Waals surface area (Å²) in [6.45, 7) is 1.89. The zero-order chi connectivity index (χ0) is 7.40. The lowest BCUT2D eigenvalue weighted by Gasteiger charge is -2.20. The summed E-state index contributed by atoms with van der Waals surface area (Å²) < 4.78 is 0. The maximum Gasteiger partial charge on any atom is 0.143 e. The Kier molecular flexibility index (Phi) is 4.98. The van der Waals surface area contributed by atoms with E-state index in [1.165, 1.54) is 0 Å². The van der Waals surface area contributed by atoms with E-state index in [9.17, 15) is 0 Å². The average molecular weight is 180 g/mol. The minimum absolute atomic E-state index is 0. The summed E-state index contributed by atoms with van der Waals surface area (Å²) in [5.74, 6) is 0.589. The van der Waals surface area contributed by atoms with E-state index in [0.29, 0.717) is 5.84 Å². The van der Waals surface area contributed by atoms with Crippen LogP contribution in [0.2, 0.25) is 0 Å². The van der Waals surface area contributed by atoms with Gasteiger partial charge in [-0.05, 0) is 19.4 Å². The number of hydrogen-bond donors (Lipinski definition) is 3. The molecule has 1 heterocycles. The third-order valence-electron chi connectivity index (χ3n) is 1.83. The van der Waals surface area contributed by atoms with Crippen LogP contribution in [0.3, 0.4) is 0 Å². The average Bonchev–Trinajstić information content (AvgIpc) is 2.05. The molecular formula is C6H14ClN3O. The van der Waals surface area contributed by atoms with E-state index >= 15 is 0 Å². The Morgan fingerprint density at radius 3 is 2.82 bits per heavy atom. The third-order valence-corrected chi connectivity index (χ3v) is 1.83. The van der Waals surface area contributed by atoms with Gasteiger partial charge in [0.2, 0.25) is 0 Å². The number of oxime groups is 1. The minimum atomic E-state index is 0. The van der Waals surface area contributed by atoms with E-state index in [0.717, 1.165) is 25.9 Å². The molecule has 1 atom stereocenters. The summed E-state index contributed by atoms with van der Waals surface area (Å²) in [6, 6.07) is 0. The first-order valence-electron chi connectivity index (χ1n) is 3.52. The number of piperidine rings is 1. The van der Waals surface area contributed by atoms with Crippen molar-refractivity contribution in [1.82, 2.24) is 5.32 Å². The molecule has 0 aliphatic carbocycles. The molecule has 1 aliphatic heterocycles. The van der Waals surface area contributed by atoms with E-state index < -0.39 is 0 Å². The van der Waals surface area contributed by atoms with Crippen LogP contribution in [0.25, 0.3) is 0 Å². The first-order chi connectivity index (χ1) is 4.84. The van der Waals surface area contributed by atoms with Crippen LogP contribution in [-0.2, 0) is 0 Å². The zero-order valence-corrected chi connectivity index (χ0v) is 7.10. The van der Waals surface area contributed by atoms with Crippen LogP contribution in [0.1, 0.15) is 12.8 Å². The molecule has 0 aromatic rings. The lowest BCUT2D eigenvalue weighted by atomic mass is 9.99. The Morgan fingerprint density at radius 2 is 2.36 bits per heavy atom. The van der Waals surface area contributed by atoms with Gasteiger partial charge in [0.05, 0.1) is 0 Å². The van der Waals surface area contributed by atoms with Crippen LogP contribution in [0.15, 0.2) is 5.16 Å². The van der Waals surface area contributed by atoms with Crippen molar-refractivity contribution in [3.05, 3.63) is 0 Å². The molecule has 0 aromatic heterocycles. The normalized spacial score (nSPS) is 25.8. The minimum Gasteiger partial charge on any atom is -0.409 e. The Morgan fingerprint density at radius 1 is 1.64 bits per heavy atom. The quantitative estimate of drug-likeness (QED) is 0.232. The zero-order valence-electron chi connectivity index (χ0n) is 6.29. The van der Waals surface area contributed by atoms with Crippen molar-refractivity contribution in [2.24, 2.45) is 16.8 Å². The van der Waals surface area contributed by atoms with Crippen molar-refractivity contribution in [1.29, 1.82) is 0 Å². The predicted molar refractivity (Wildman–Crippen MR) is 46.3 cm³/mol. The van der Waals surface area contributed by atoms with Gasteiger partial charge in [-0.2, -0.15) is 0 Å². The molecule has 1 saturated heterocycles. The molecular weight excluding hydrogens is 166 g/mol. The van der Waals surface area contributed by atoms with E-state index in [2.05, 4.69) is 10.5 Å². The van der Waals surface area contributed by atoms with Gasteiger partial charge in [-0.15, -0.1) is 12.4 Å². The van der Waals surface area contributed by atoms with Gasteiger partial charge in [-0.3, -0.25) is 0 Å². The highest BCUT2D eigenvalue weighted by molar-refractivity contribution is 5.85. The Hall–Kier alpha value is -0.480. The summed E-state index contributed by atoms with van der Waals surface area (Å²) in [7, 11) is 0. The van der Waals surface area contributed by atoms with Crippen LogP contribution in [0.4, 0.5) is 0 Å². The molecule has 1 aliphatic rings. The van der Waals surface area contributed by atoms with Gasteiger partial charge >= 0.3 is 0 Å². The van der Waals surface area contributed by atoms with E-state index in [1.54, 1.807) is 0 Å². The summed E-state index contributed by atoms with van der Waals surface area (Å²) in [6.07, 6.45) is 2.14. The smallest absolute Gasteiger partial charge is 0.143 e. The van der Waals surface area contributed by atoms with Gasteiger partial charge in [0.15, 0.2) is 0 Å². The van der Waals surface area contributed by atoms with Crippen LogP contribution < -0.4 is 11.1 Å². The summed E-state index contributed by atoms with van der Waals surface area (Å²) in [5, 5.41) is 14.5. The molecule has 5 heteroatoms. The fourth-order valence-corrected chi connectivity index (χ4v) is 1.19. The molecule has 0 spiro atoms. The molecule has 0 saturated carbocycles. The highest BCUT2D eigenvalue weighted by Gasteiger charge is 2.16. The standard InChI is InChI=1S/C6H13N3O.ClH/c7-6(9-10)5-2-1-3-8-4-5;/h5,8,10H,1-4H2,(H2,7,9);1H. The Labute approximate surface area is 72.2 Å². The molecule has 0 bridgehead atoms. The van der Waals surface area contributed by atoms with Crippen molar-refractivity contribution in [3.8, 4) is 0 Å². The van der Waals surface area contributed by atoms with E-state index in [1.807, 2.05) is 0 Å². The fraction of sp³-hybridized carbons (Fsp3) is 0.833. The fourth-order valence-electron chi connectivity index (χ4n) is 1.19. The van der Waals surface area contributed by atoms with Crippen LogP contribution in [0.5, 0.6) is 0 Å². The molecule has 1 rings (SSSR count). The lowest BCUT2D eigenvalue weighted by Crippen LogP contribution is -2.37. The molecule has 11 heavy (non-hydrogen) atoms. The van der Waals surface area contributed by atoms with E-state index in [4.69, 9.17) is 10.9 Å². The number of rotatable bonds is 1. The number of nitrogens with one attached hydrogen (secondary N) is 1. The van der Waals surface area contributed by atoms with Crippen molar-refractivity contribution >= 4 is 18.2 Å². The number of halogens is 1. The van der Waals surface area contributed by atoms with Crippen molar-refractivity contribution in [3.63, 3.8) is 0 Å². The summed E-state index contributed by atoms with van der Waals surface area (Å²) >= 11 is 0. The summed E-state index contributed by atoms with van der Waals surface area (Å²) in [5.41, 5.74) is 5.41. The maximum atomic E-state index is 8.32. The van der Waals surface area contributed by atoms with Gasteiger partial charge in [-0.1, -0.05) is 5.16 Å². The highest BCUT2D eigenvalue weighted by Crippen LogP contribution is 2.08. The van der Waals surface area contributed by atoms with Crippen molar-refractivity contribution in [2.45, 2.75) is 12.8 Å². The number of nitrogens with zero attached hydrogens (tertiary/aromatic N) is 1. The molecule has 0 amide bonds. The third kappa shape index (κ3) is 2.95. The van der Waals surface area contributed by atoms with Gasteiger partial charge in [0.25, 0.3) is 0 Å². The number of nitrogens with two attached hydrogens (primary N) is 1. The van der Waals surface area contributed by atoms with Crippen LogP contribution in [-0.4, -0.2) is 24.1 Å². The molecule has 4 N–H and O–H groups in total. The maximum absolute atomic E-state index is 8.32. The predicted octanol–water partition coefficient (Wildman–Crippen LogP) is 0.154. The van der Waals surface area contributed by atoms with Crippen LogP contribution in [0, 0.1) is 5.92 Å². The van der Waals surface area contributed by atoms with Gasteiger partial charge in [0.1, 0.15) is 5.84 Å². The largest absolute Gasteiger partial charge is 0.409 e. The SMILES string of the molecule is Cl.N/C(=N\O)C1CCCNC1. The molecule has 0 radical (unpaired) electrons. The van der Waals surface area contributed by atoms with Crippen molar-refractivity contribution in [2.75, 3.05) is 13.1 Å². The van der Waals surface area contributed by atoms with Gasteiger partial charge in [-0.25, -0.2) is 0 Å². The van der Waals surface area contributed by atoms with E-state index in [-0.39, 0.29) is 18.3 Å². The van der Waals surface area contributed by atoms with Gasteiger partial charge in [0, 0.05) is 12.5 Å². The van der Waals surface area contributed by atoms with Crippen molar-refractivity contribution < 1.29 is 5.21 Å². The first kappa shape index (κ1) is 10.5. The Bertz CT molecular complexity index is 134. The number of amidine groups is 1. The Balaban J connectivity index is 0.000001000. The van der Waals surface area contributed by atoms with Crippen LogP contribution >= 0.6 is 12.4 Å². The molecule has 1 unspecified atom stereocenters. The molecule has 66 valence electrons. The molecule has 1 fully saturated rings. The second-order valence-electron chi connectivity index (χ2n) is 2.57. The number of hydrogen-bond acceptors (Lipinski definition) is 3. The molecule has 0 aromatic carbocycles.